The Morgan fingerprint density at radius 3 is 2.62 bits per heavy atom. The molecule has 0 aromatic heterocycles. The van der Waals surface area contributed by atoms with Crippen LogP contribution >= 0.6 is 0 Å². The zero-order valence-electron chi connectivity index (χ0n) is 20.1. The van der Waals surface area contributed by atoms with Crippen molar-refractivity contribution in [2.45, 2.75) is 12.3 Å². The van der Waals surface area contributed by atoms with Crippen molar-refractivity contribution in [2.24, 2.45) is 5.73 Å². The van der Waals surface area contributed by atoms with Gasteiger partial charge in [-0.05, 0) is 42.0 Å². The Balaban J connectivity index is 1.56. The molecule has 2 aliphatic rings. The number of carbonyl (C=O) groups is 3. The lowest BCUT2D eigenvalue weighted by molar-refractivity contribution is -0.135. The fourth-order valence-electron chi connectivity index (χ4n) is 4.53. The van der Waals surface area contributed by atoms with Crippen LogP contribution in [0.4, 0.5) is 0 Å². The Morgan fingerprint density at radius 1 is 1.05 bits per heavy atom. The molecule has 2 N–H and O–H groups in total. The summed E-state index contributed by atoms with van der Waals surface area (Å²) in [4.78, 5) is 36.9. The number of amides is 1. The first-order valence-electron chi connectivity index (χ1n) is 11.4. The van der Waals surface area contributed by atoms with E-state index in [-0.39, 0.29) is 24.6 Å². The van der Waals surface area contributed by atoms with E-state index in [9.17, 15) is 14.4 Å². The first-order valence-corrected chi connectivity index (χ1v) is 11.4. The zero-order valence-corrected chi connectivity index (χ0v) is 20.1. The minimum Gasteiger partial charge on any atom is -0.493 e. The molecule has 188 valence electrons. The standard InChI is InChI=1S/C28H23NO8/c1-33-21-8-4-6-16(27(21)34-2)12-22-26(32)18-9-10-20-25(28(18)37-22)19(13-24(31)36-20)15-5-3-7-17(11-15)35-14-23(29)30/h3-12,19H,13-14H2,1-2H3,(H2,29,30)/b22-12-. The van der Waals surface area contributed by atoms with Crippen molar-refractivity contribution >= 4 is 23.7 Å². The van der Waals surface area contributed by atoms with E-state index in [1.807, 2.05) is 6.07 Å². The van der Waals surface area contributed by atoms with Crippen molar-refractivity contribution in [3.05, 3.63) is 82.6 Å². The average Bonchev–Trinajstić information content (AvgIpc) is 3.21. The van der Waals surface area contributed by atoms with E-state index in [2.05, 4.69) is 0 Å². The number of primary amides is 1. The van der Waals surface area contributed by atoms with Crippen LogP contribution in [0.3, 0.4) is 0 Å². The summed E-state index contributed by atoms with van der Waals surface area (Å²) in [6.07, 6.45) is 1.63. The van der Waals surface area contributed by atoms with Crippen molar-refractivity contribution < 1.29 is 38.1 Å². The van der Waals surface area contributed by atoms with E-state index in [0.717, 1.165) is 5.56 Å². The smallest absolute Gasteiger partial charge is 0.312 e. The fraction of sp³-hybridized carbons (Fsp3) is 0.179. The lowest BCUT2D eigenvalue weighted by Crippen LogP contribution is -2.22. The summed E-state index contributed by atoms with van der Waals surface area (Å²) in [6.45, 7) is -0.276. The first-order chi connectivity index (χ1) is 17.9. The third kappa shape index (κ3) is 4.47. The molecular formula is C28H23NO8. The number of fused-ring (bicyclic) bond motifs is 3. The lowest BCUT2D eigenvalue weighted by atomic mass is 9.84. The van der Waals surface area contributed by atoms with Crippen LogP contribution in [0.1, 0.15) is 39.4 Å². The molecule has 0 bridgehead atoms. The van der Waals surface area contributed by atoms with E-state index >= 15 is 0 Å². The molecule has 0 radical (unpaired) electrons. The predicted octanol–water partition coefficient (Wildman–Crippen LogP) is 3.63. The van der Waals surface area contributed by atoms with Crippen LogP contribution in [0.2, 0.25) is 0 Å². The number of para-hydroxylation sites is 1. The van der Waals surface area contributed by atoms with Gasteiger partial charge in [0.05, 0.1) is 26.2 Å². The van der Waals surface area contributed by atoms with Gasteiger partial charge in [0.2, 0.25) is 5.78 Å². The van der Waals surface area contributed by atoms with E-state index in [4.69, 9.17) is 29.4 Å². The van der Waals surface area contributed by atoms with Crippen molar-refractivity contribution in [1.82, 2.24) is 0 Å². The lowest BCUT2D eigenvalue weighted by Gasteiger charge is -2.26. The summed E-state index contributed by atoms with van der Waals surface area (Å²) in [7, 11) is 3.05. The molecule has 9 heteroatoms. The Hall–Kier alpha value is -4.79. The molecule has 0 saturated carbocycles. The van der Waals surface area contributed by atoms with Gasteiger partial charge >= 0.3 is 5.97 Å². The quantitative estimate of drug-likeness (QED) is 0.296. The number of allylic oxidation sites excluding steroid dienone is 1. The van der Waals surface area contributed by atoms with Crippen LogP contribution in [0.5, 0.6) is 28.7 Å². The molecule has 1 atom stereocenters. The number of ketones is 1. The van der Waals surface area contributed by atoms with Crippen LogP contribution in [-0.4, -0.2) is 38.5 Å². The maximum absolute atomic E-state index is 13.3. The second-order valence-corrected chi connectivity index (χ2v) is 8.43. The van der Waals surface area contributed by atoms with Crippen molar-refractivity contribution in [3.8, 4) is 28.7 Å². The molecule has 3 aromatic carbocycles. The molecule has 37 heavy (non-hydrogen) atoms. The molecule has 3 aromatic rings. The monoisotopic (exact) mass is 501 g/mol. The van der Waals surface area contributed by atoms with E-state index < -0.39 is 17.8 Å². The van der Waals surface area contributed by atoms with Gasteiger partial charge in [-0.1, -0.05) is 24.3 Å². The maximum Gasteiger partial charge on any atom is 0.312 e. The van der Waals surface area contributed by atoms with E-state index in [1.165, 1.54) is 14.2 Å². The van der Waals surface area contributed by atoms with Crippen LogP contribution < -0.4 is 29.4 Å². The summed E-state index contributed by atoms with van der Waals surface area (Å²) in [6, 6.07) is 15.5. The average molecular weight is 501 g/mol. The Kier molecular flexibility index (Phi) is 6.27. The zero-order chi connectivity index (χ0) is 26.1. The van der Waals surface area contributed by atoms with Gasteiger partial charge in [-0.25, -0.2) is 0 Å². The number of ether oxygens (including phenoxy) is 5. The maximum atomic E-state index is 13.3. The summed E-state index contributed by atoms with van der Waals surface area (Å²) in [5.41, 5.74) is 7.46. The second kappa shape index (κ2) is 9.69. The summed E-state index contributed by atoms with van der Waals surface area (Å²) >= 11 is 0. The van der Waals surface area contributed by atoms with Crippen LogP contribution in [0.15, 0.2) is 60.4 Å². The molecule has 5 rings (SSSR count). The number of hydrogen-bond acceptors (Lipinski definition) is 8. The van der Waals surface area contributed by atoms with Gasteiger partial charge in [0.1, 0.15) is 17.2 Å². The molecule has 1 unspecified atom stereocenters. The van der Waals surface area contributed by atoms with Crippen molar-refractivity contribution in [1.29, 1.82) is 0 Å². The minimum atomic E-state index is -0.603. The SMILES string of the molecule is COc1cccc(/C=C2\Oc3c(ccc4c3C(c3cccc(OCC(N)=O)c3)CC(=O)O4)C2=O)c1OC. The molecule has 9 nitrogen and oxygen atoms in total. The number of esters is 1. The van der Waals surface area contributed by atoms with Crippen molar-refractivity contribution in [3.63, 3.8) is 0 Å². The highest BCUT2D eigenvalue weighted by Gasteiger charge is 2.38. The molecule has 0 saturated heterocycles. The topological polar surface area (TPSA) is 123 Å². The molecule has 1 amide bonds. The molecule has 2 heterocycles. The molecule has 0 spiro atoms. The van der Waals surface area contributed by atoms with Gasteiger partial charge in [0.15, 0.2) is 23.9 Å². The number of Topliss-reactive ketones (excluding diaryl/α,β-unsaturated/α-hetero) is 1. The Bertz CT molecular complexity index is 1460. The number of hydrogen-bond donors (Lipinski definition) is 1. The molecule has 0 fully saturated rings. The van der Waals surface area contributed by atoms with E-state index in [0.29, 0.717) is 45.4 Å². The molecule has 2 aliphatic heterocycles. The van der Waals surface area contributed by atoms with Gasteiger partial charge in [-0.15, -0.1) is 0 Å². The highest BCUT2D eigenvalue weighted by Crippen LogP contribution is 2.49. The minimum absolute atomic E-state index is 0.0308. The molecular weight excluding hydrogens is 478 g/mol. The number of rotatable bonds is 7. The van der Waals surface area contributed by atoms with E-state index in [1.54, 1.807) is 54.6 Å². The van der Waals surface area contributed by atoms with Crippen LogP contribution in [0.25, 0.3) is 6.08 Å². The summed E-state index contributed by atoms with van der Waals surface area (Å²) < 4.78 is 27.9. The normalized spacial score (nSPS) is 16.9. The van der Waals surface area contributed by atoms with Crippen LogP contribution in [0, 0.1) is 0 Å². The first kappa shape index (κ1) is 23.9. The summed E-state index contributed by atoms with van der Waals surface area (Å²) in [5.74, 6) is 0.354. The summed E-state index contributed by atoms with van der Waals surface area (Å²) in [5, 5.41) is 0. The van der Waals surface area contributed by atoms with Gasteiger partial charge in [0.25, 0.3) is 5.91 Å². The third-order valence-corrected chi connectivity index (χ3v) is 6.14. The third-order valence-electron chi connectivity index (χ3n) is 6.14. The highest BCUT2D eigenvalue weighted by molar-refractivity contribution is 6.15. The van der Waals surface area contributed by atoms with Gasteiger partial charge in [0, 0.05) is 17.0 Å². The number of methoxy groups -OCH3 is 2. The van der Waals surface area contributed by atoms with Gasteiger partial charge in [-0.3, -0.25) is 14.4 Å². The number of benzene rings is 3. The van der Waals surface area contributed by atoms with Crippen molar-refractivity contribution in [2.75, 3.05) is 20.8 Å². The Labute approximate surface area is 212 Å². The van der Waals surface area contributed by atoms with Gasteiger partial charge < -0.3 is 29.4 Å². The predicted molar refractivity (Wildman–Crippen MR) is 132 cm³/mol. The van der Waals surface area contributed by atoms with Crippen LogP contribution in [-0.2, 0) is 9.59 Å². The van der Waals surface area contributed by atoms with Gasteiger partial charge in [-0.2, -0.15) is 0 Å². The number of carbonyl (C=O) groups excluding carboxylic acids is 3. The highest BCUT2D eigenvalue weighted by atomic mass is 16.5. The number of nitrogens with two attached hydrogens (primary N) is 1. The fourth-order valence-corrected chi connectivity index (χ4v) is 4.53. The largest absolute Gasteiger partial charge is 0.493 e. The molecule has 0 aliphatic carbocycles. The second-order valence-electron chi connectivity index (χ2n) is 8.43. The Morgan fingerprint density at radius 2 is 1.86 bits per heavy atom.